The molecule has 2 aromatic carbocycles. The standard InChI is InChI=1S/C19H22N2O/c1-15(21-14-12-17-9-5-6-10-18(17)21)19(22)20-13-11-16-7-3-2-4-8-16/h2-10,15H,11-14H2,1H3,(H,20,22)/t15-/m0/s1. The van der Waals surface area contributed by atoms with E-state index >= 15 is 0 Å². The van der Waals surface area contributed by atoms with Crippen LogP contribution in [0.15, 0.2) is 54.6 Å². The molecule has 1 atom stereocenters. The molecule has 0 aliphatic carbocycles. The van der Waals surface area contributed by atoms with Crippen molar-refractivity contribution in [1.82, 2.24) is 5.32 Å². The van der Waals surface area contributed by atoms with E-state index in [4.69, 9.17) is 0 Å². The van der Waals surface area contributed by atoms with Crippen LogP contribution < -0.4 is 10.2 Å². The summed E-state index contributed by atoms with van der Waals surface area (Å²) < 4.78 is 0. The van der Waals surface area contributed by atoms with Crippen LogP contribution in [-0.2, 0) is 17.6 Å². The molecule has 0 bridgehead atoms. The van der Waals surface area contributed by atoms with Gasteiger partial charge < -0.3 is 10.2 Å². The summed E-state index contributed by atoms with van der Waals surface area (Å²) in [4.78, 5) is 14.6. The van der Waals surface area contributed by atoms with Crippen LogP contribution in [0.3, 0.4) is 0 Å². The first-order chi connectivity index (χ1) is 10.8. The molecule has 0 spiro atoms. The van der Waals surface area contributed by atoms with Gasteiger partial charge in [-0.05, 0) is 37.0 Å². The van der Waals surface area contributed by atoms with Gasteiger partial charge in [0.25, 0.3) is 0 Å². The summed E-state index contributed by atoms with van der Waals surface area (Å²) in [5.74, 6) is 0.104. The third-order valence-corrected chi connectivity index (χ3v) is 4.33. The van der Waals surface area contributed by atoms with Crippen LogP contribution >= 0.6 is 0 Å². The quantitative estimate of drug-likeness (QED) is 0.919. The predicted molar refractivity (Wildman–Crippen MR) is 90.1 cm³/mol. The fourth-order valence-electron chi connectivity index (χ4n) is 3.03. The van der Waals surface area contributed by atoms with Crippen LogP contribution in [0, 0.1) is 0 Å². The van der Waals surface area contributed by atoms with Gasteiger partial charge in [0.2, 0.25) is 5.91 Å². The zero-order valence-corrected chi connectivity index (χ0v) is 13.0. The van der Waals surface area contributed by atoms with Crippen molar-refractivity contribution in [2.75, 3.05) is 18.0 Å². The van der Waals surface area contributed by atoms with Crippen LogP contribution in [0.25, 0.3) is 0 Å². The number of benzene rings is 2. The maximum Gasteiger partial charge on any atom is 0.242 e. The van der Waals surface area contributed by atoms with E-state index in [0.29, 0.717) is 6.54 Å². The number of hydrogen-bond donors (Lipinski definition) is 1. The minimum atomic E-state index is -0.126. The molecule has 0 unspecified atom stereocenters. The van der Waals surface area contributed by atoms with Gasteiger partial charge in [0.15, 0.2) is 0 Å². The number of anilines is 1. The number of para-hydroxylation sites is 1. The highest BCUT2D eigenvalue weighted by Crippen LogP contribution is 2.29. The van der Waals surface area contributed by atoms with Gasteiger partial charge in [0, 0.05) is 18.8 Å². The SMILES string of the molecule is C[C@@H](C(=O)NCCc1ccccc1)N1CCc2ccccc21. The van der Waals surface area contributed by atoms with Gasteiger partial charge >= 0.3 is 0 Å². The number of carbonyl (C=O) groups excluding carboxylic acids is 1. The summed E-state index contributed by atoms with van der Waals surface area (Å²) in [5, 5.41) is 3.06. The minimum Gasteiger partial charge on any atom is -0.359 e. The Balaban J connectivity index is 1.54. The van der Waals surface area contributed by atoms with Crippen LogP contribution in [0.2, 0.25) is 0 Å². The maximum atomic E-state index is 12.4. The fourth-order valence-corrected chi connectivity index (χ4v) is 3.03. The Kier molecular flexibility index (Phi) is 4.42. The average molecular weight is 294 g/mol. The molecule has 0 radical (unpaired) electrons. The van der Waals surface area contributed by atoms with E-state index in [0.717, 1.165) is 19.4 Å². The highest BCUT2D eigenvalue weighted by atomic mass is 16.2. The van der Waals surface area contributed by atoms with Gasteiger partial charge in [-0.2, -0.15) is 0 Å². The predicted octanol–water partition coefficient (Wildman–Crippen LogP) is 2.80. The van der Waals surface area contributed by atoms with E-state index in [9.17, 15) is 4.79 Å². The number of nitrogens with one attached hydrogen (secondary N) is 1. The van der Waals surface area contributed by atoms with Crippen molar-refractivity contribution >= 4 is 11.6 Å². The molecule has 22 heavy (non-hydrogen) atoms. The van der Waals surface area contributed by atoms with E-state index in [1.807, 2.05) is 31.2 Å². The Labute approximate surface area is 132 Å². The van der Waals surface area contributed by atoms with Gasteiger partial charge in [-0.25, -0.2) is 0 Å². The lowest BCUT2D eigenvalue weighted by molar-refractivity contribution is -0.122. The average Bonchev–Trinajstić information content (AvgIpc) is 2.99. The molecule has 3 rings (SSSR count). The smallest absolute Gasteiger partial charge is 0.242 e. The van der Waals surface area contributed by atoms with Crippen LogP contribution in [-0.4, -0.2) is 25.0 Å². The zero-order valence-electron chi connectivity index (χ0n) is 13.0. The number of fused-ring (bicyclic) bond motifs is 1. The largest absolute Gasteiger partial charge is 0.359 e. The van der Waals surface area contributed by atoms with Crippen molar-refractivity contribution in [2.24, 2.45) is 0 Å². The topological polar surface area (TPSA) is 32.3 Å². The van der Waals surface area contributed by atoms with Crippen LogP contribution in [0.1, 0.15) is 18.1 Å². The number of carbonyl (C=O) groups is 1. The highest BCUT2D eigenvalue weighted by molar-refractivity contribution is 5.85. The highest BCUT2D eigenvalue weighted by Gasteiger charge is 2.26. The molecule has 1 amide bonds. The maximum absolute atomic E-state index is 12.4. The second kappa shape index (κ2) is 6.65. The van der Waals surface area contributed by atoms with E-state index < -0.39 is 0 Å². The Hall–Kier alpha value is -2.29. The van der Waals surface area contributed by atoms with Crippen LogP contribution in [0.5, 0.6) is 0 Å². The first-order valence-corrected chi connectivity index (χ1v) is 7.92. The summed E-state index contributed by atoms with van der Waals surface area (Å²) in [6, 6.07) is 18.5. The molecular formula is C19H22N2O. The molecule has 0 fully saturated rings. The van der Waals surface area contributed by atoms with Crippen molar-refractivity contribution < 1.29 is 4.79 Å². The Bertz CT molecular complexity index is 639. The van der Waals surface area contributed by atoms with Gasteiger partial charge in [0.1, 0.15) is 6.04 Å². The summed E-state index contributed by atoms with van der Waals surface area (Å²) in [6.07, 6.45) is 1.90. The molecule has 1 N–H and O–H groups in total. The van der Waals surface area contributed by atoms with Gasteiger partial charge in [-0.15, -0.1) is 0 Å². The number of hydrogen-bond acceptors (Lipinski definition) is 2. The third kappa shape index (κ3) is 3.14. The minimum absolute atomic E-state index is 0.104. The molecular weight excluding hydrogens is 272 g/mol. The van der Waals surface area contributed by atoms with Crippen molar-refractivity contribution in [1.29, 1.82) is 0 Å². The summed E-state index contributed by atoms with van der Waals surface area (Å²) >= 11 is 0. The summed E-state index contributed by atoms with van der Waals surface area (Å²) in [5.41, 5.74) is 3.79. The second-order valence-electron chi connectivity index (χ2n) is 5.77. The Morgan fingerprint density at radius 1 is 1.14 bits per heavy atom. The fraction of sp³-hybridized carbons (Fsp3) is 0.316. The Morgan fingerprint density at radius 3 is 2.68 bits per heavy atom. The monoisotopic (exact) mass is 294 g/mol. The first kappa shape index (κ1) is 14.6. The number of rotatable bonds is 5. The zero-order chi connectivity index (χ0) is 15.4. The molecule has 3 heteroatoms. The van der Waals surface area contributed by atoms with E-state index in [2.05, 4.69) is 40.5 Å². The van der Waals surface area contributed by atoms with Crippen molar-refractivity contribution in [3.63, 3.8) is 0 Å². The van der Waals surface area contributed by atoms with Gasteiger partial charge in [-0.1, -0.05) is 48.5 Å². The van der Waals surface area contributed by atoms with Gasteiger partial charge in [-0.3, -0.25) is 4.79 Å². The second-order valence-corrected chi connectivity index (χ2v) is 5.77. The lowest BCUT2D eigenvalue weighted by atomic mass is 10.1. The van der Waals surface area contributed by atoms with Crippen molar-refractivity contribution in [2.45, 2.75) is 25.8 Å². The molecule has 3 nitrogen and oxygen atoms in total. The van der Waals surface area contributed by atoms with Gasteiger partial charge in [0.05, 0.1) is 0 Å². The molecule has 2 aromatic rings. The summed E-state index contributed by atoms with van der Waals surface area (Å²) in [6.45, 7) is 3.59. The summed E-state index contributed by atoms with van der Waals surface area (Å²) in [7, 11) is 0. The molecule has 0 aromatic heterocycles. The molecule has 0 saturated carbocycles. The Morgan fingerprint density at radius 2 is 1.86 bits per heavy atom. The van der Waals surface area contributed by atoms with E-state index in [-0.39, 0.29) is 11.9 Å². The first-order valence-electron chi connectivity index (χ1n) is 7.92. The molecule has 1 aliphatic heterocycles. The molecule has 114 valence electrons. The third-order valence-electron chi connectivity index (χ3n) is 4.33. The van der Waals surface area contributed by atoms with Crippen molar-refractivity contribution in [3.05, 3.63) is 65.7 Å². The molecule has 1 aliphatic rings. The van der Waals surface area contributed by atoms with Crippen LogP contribution in [0.4, 0.5) is 5.69 Å². The van der Waals surface area contributed by atoms with E-state index in [1.54, 1.807) is 0 Å². The van der Waals surface area contributed by atoms with E-state index in [1.165, 1.54) is 16.8 Å². The molecule has 1 heterocycles. The number of nitrogens with zero attached hydrogens (tertiary/aromatic N) is 1. The lowest BCUT2D eigenvalue weighted by Crippen LogP contribution is -2.45. The normalized spacial score (nSPS) is 14.5. The van der Waals surface area contributed by atoms with Crippen molar-refractivity contribution in [3.8, 4) is 0 Å². The number of amides is 1. The lowest BCUT2D eigenvalue weighted by Gasteiger charge is -2.26. The molecule has 0 saturated heterocycles.